The highest BCUT2D eigenvalue weighted by molar-refractivity contribution is 5.85. The molecule has 0 radical (unpaired) electrons. The van der Waals surface area contributed by atoms with E-state index in [9.17, 15) is 5.11 Å². The molecule has 26 heavy (non-hydrogen) atoms. The van der Waals surface area contributed by atoms with Gasteiger partial charge in [0.25, 0.3) is 0 Å². The highest BCUT2D eigenvalue weighted by Gasteiger charge is 2.20. The molecule has 1 unspecified atom stereocenters. The lowest BCUT2D eigenvalue weighted by atomic mass is 9.86. The molecule has 128 valence electrons. The summed E-state index contributed by atoms with van der Waals surface area (Å²) in [5, 5.41) is 11.9. The number of hydrogen-bond acceptors (Lipinski definition) is 3. The van der Waals surface area contributed by atoms with Crippen LogP contribution in [0.2, 0.25) is 0 Å². The van der Waals surface area contributed by atoms with Crippen molar-refractivity contribution < 1.29 is 5.11 Å². The van der Waals surface area contributed by atoms with E-state index in [2.05, 4.69) is 22.1 Å². The summed E-state index contributed by atoms with van der Waals surface area (Å²) in [4.78, 5) is 9.03. The minimum Gasteiger partial charge on any atom is -0.505 e. The first-order valence-corrected chi connectivity index (χ1v) is 8.76. The normalized spacial score (nSPS) is 12.2. The molecule has 2 aromatic heterocycles. The van der Waals surface area contributed by atoms with Gasteiger partial charge in [0.1, 0.15) is 11.3 Å². The summed E-state index contributed by atoms with van der Waals surface area (Å²) in [5.74, 6) is 0.265. The second kappa shape index (κ2) is 6.96. The van der Waals surface area contributed by atoms with Crippen LogP contribution in [0.15, 0.2) is 79.0 Å². The first-order valence-electron chi connectivity index (χ1n) is 8.76. The van der Waals surface area contributed by atoms with Gasteiger partial charge in [-0.1, -0.05) is 54.6 Å². The van der Waals surface area contributed by atoms with E-state index in [4.69, 9.17) is 0 Å². The molecule has 0 spiro atoms. The van der Waals surface area contributed by atoms with Crippen LogP contribution in [-0.2, 0) is 6.42 Å². The molecule has 3 heteroatoms. The third-order valence-corrected chi connectivity index (χ3v) is 4.72. The van der Waals surface area contributed by atoms with Crippen molar-refractivity contribution in [3.05, 3.63) is 102 Å². The van der Waals surface area contributed by atoms with E-state index in [1.165, 1.54) is 0 Å². The minimum atomic E-state index is 0.0110. The van der Waals surface area contributed by atoms with Crippen LogP contribution in [0, 0.1) is 6.92 Å². The van der Waals surface area contributed by atoms with Gasteiger partial charge in [0.15, 0.2) is 0 Å². The smallest absolute Gasteiger partial charge is 0.145 e. The maximum atomic E-state index is 10.9. The van der Waals surface area contributed by atoms with Crippen LogP contribution < -0.4 is 0 Å². The second-order valence-electron chi connectivity index (χ2n) is 6.52. The van der Waals surface area contributed by atoms with Gasteiger partial charge in [0.2, 0.25) is 0 Å². The first-order chi connectivity index (χ1) is 12.7. The Morgan fingerprint density at radius 3 is 2.54 bits per heavy atom. The summed E-state index contributed by atoms with van der Waals surface area (Å²) in [6, 6.07) is 24.2. The van der Waals surface area contributed by atoms with Crippen molar-refractivity contribution in [2.75, 3.05) is 0 Å². The van der Waals surface area contributed by atoms with Gasteiger partial charge < -0.3 is 5.11 Å². The fraction of sp³-hybridized carbons (Fsp3) is 0.130. The summed E-state index contributed by atoms with van der Waals surface area (Å²) < 4.78 is 0. The number of phenolic OH excluding ortho intramolecular Hbond substituents is 1. The van der Waals surface area contributed by atoms with Gasteiger partial charge in [-0.2, -0.15) is 0 Å². The Kier molecular flexibility index (Phi) is 4.36. The van der Waals surface area contributed by atoms with Crippen LogP contribution in [0.5, 0.6) is 5.75 Å². The number of aromatic nitrogens is 2. The van der Waals surface area contributed by atoms with Gasteiger partial charge in [-0.25, -0.2) is 0 Å². The second-order valence-corrected chi connectivity index (χ2v) is 6.52. The number of aromatic hydroxyl groups is 1. The lowest BCUT2D eigenvalue weighted by Crippen LogP contribution is -2.07. The summed E-state index contributed by atoms with van der Waals surface area (Å²) in [6.45, 7) is 2.00. The summed E-state index contributed by atoms with van der Waals surface area (Å²) in [5.41, 5.74) is 4.69. The van der Waals surface area contributed by atoms with Crippen molar-refractivity contribution in [1.29, 1.82) is 0 Å². The highest BCUT2D eigenvalue weighted by atomic mass is 16.3. The standard InChI is InChI=1S/C23H20N2O/c1-16-7-5-11-19(25-16)15-21(17-8-3-2-4-9-17)20-13-12-18-10-6-14-24-22(18)23(20)26/h2-14,21,26H,15H2,1H3. The molecule has 1 atom stereocenters. The van der Waals surface area contributed by atoms with Crippen molar-refractivity contribution >= 4 is 10.9 Å². The van der Waals surface area contributed by atoms with Crippen LogP contribution >= 0.6 is 0 Å². The van der Waals surface area contributed by atoms with Gasteiger partial charge in [-0.15, -0.1) is 0 Å². The molecular formula is C23H20N2O. The number of fused-ring (bicyclic) bond motifs is 1. The Bertz CT molecular complexity index is 1040. The van der Waals surface area contributed by atoms with Gasteiger partial charge in [0, 0.05) is 40.9 Å². The van der Waals surface area contributed by atoms with Crippen molar-refractivity contribution in [3.8, 4) is 5.75 Å². The molecule has 1 N–H and O–H groups in total. The van der Waals surface area contributed by atoms with Gasteiger partial charge >= 0.3 is 0 Å². The molecule has 0 saturated carbocycles. The van der Waals surface area contributed by atoms with E-state index >= 15 is 0 Å². The molecule has 4 rings (SSSR count). The van der Waals surface area contributed by atoms with Crippen LogP contribution in [0.3, 0.4) is 0 Å². The molecule has 4 aromatic rings. The predicted octanol–water partition coefficient (Wildman–Crippen LogP) is 5.02. The number of benzene rings is 2. The average molecular weight is 340 g/mol. The number of hydrogen-bond donors (Lipinski definition) is 1. The van der Waals surface area contributed by atoms with Crippen molar-refractivity contribution in [3.63, 3.8) is 0 Å². The Morgan fingerprint density at radius 2 is 1.73 bits per heavy atom. The molecular weight excluding hydrogens is 320 g/mol. The fourth-order valence-electron chi connectivity index (χ4n) is 3.44. The maximum absolute atomic E-state index is 10.9. The molecule has 2 heterocycles. The zero-order chi connectivity index (χ0) is 17.9. The largest absolute Gasteiger partial charge is 0.505 e. The van der Waals surface area contributed by atoms with E-state index in [1.807, 2.05) is 67.6 Å². The topological polar surface area (TPSA) is 46.0 Å². The number of nitrogens with zero attached hydrogens (tertiary/aromatic N) is 2. The van der Waals surface area contributed by atoms with Gasteiger partial charge in [0.05, 0.1) is 0 Å². The monoisotopic (exact) mass is 340 g/mol. The molecule has 0 saturated heterocycles. The molecule has 0 aliphatic heterocycles. The molecule has 2 aromatic carbocycles. The number of phenols is 1. The lowest BCUT2D eigenvalue weighted by molar-refractivity contribution is 0.469. The van der Waals surface area contributed by atoms with E-state index in [0.29, 0.717) is 5.52 Å². The third kappa shape index (κ3) is 3.16. The molecule has 0 amide bonds. The molecule has 0 fully saturated rings. The number of pyridine rings is 2. The summed E-state index contributed by atoms with van der Waals surface area (Å²) in [7, 11) is 0. The van der Waals surface area contributed by atoms with Crippen LogP contribution in [0.4, 0.5) is 0 Å². The quantitative estimate of drug-likeness (QED) is 0.567. The molecule has 0 aliphatic carbocycles. The lowest BCUT2D eigenvalue weighted by Gasteiger charge is -2.20. The molecule has 3 nitrogen and oxygen atoms in total. The third-order valence-electron chi connectivity index (χ3n) is 4.72. The number of rotatable bonds is 4. The van der Waals surface area contributed by atoms with E-state index in [1.54, 1.807) is 6.20 Å². The average Bonchev–Trinajstić information content (AvgIpc) is 2.68. The Morgan fingerprint density at radius 1 is 0.885 bits per heavy atom. The molecule has 0 aliphatic rings. The summed E-state index contributed by atoms with van der Waals surface area (Å²) in [6.07, 6.45) is 2.43. The van der Waals surface area contributed by atoms with Crippen molar-refractivity contribution in [2.45, 2.75) is 19.3 Å². The minimum absolute atomic E-state index is 0.0110. The zero-order valence-corrected chi connectivity index (χ0v) is 14.6. The van der Waals surface area contributed by atoms with Crippen LogP contribution in [0.1, 0.15) is 28.4 Å². The van der Waals surface area contributed by atoms with Crippen molar-refractivity contribution in [2.24, 2.45) is 0 Å². The van der Waals surface area contributed by atoms with E-state index < -0.39 is 0 Å². The Hall–Kier alpha value is -3.20. The summed E-state index contributed by atoms with van der Waals surface area (Å²) >= 11 is 0. The SMILES string of the molecule is Cc1cccc(CC(c2ccccc2)c2ccc3cccnc3c2O)n1. The van der Waals surface area contributed by atoms with E-state index in [-0.39, 0.29) is 11.7 Å². The highest BCUT2D eigenvalue weighted by Crippen LogP contribution is 2.37. The van der Waals surface area contributed by atoms with Gasteiger partial charge in [-0.3, -0.25) is 9.97 Å². The number of aryl methyl sites for hydroxylation is 1. The Balaban J connectivity index is 1.84. The first kappa shape index (κ1) is 16.3. The van der Waals surface area contributed by atoms with Crippen molar-refractivity contribution in [1.82, 2.24) is 9.97 Å². The zero-order valence-electron chi connectivity index (χ0n) is 14.6. The maximum Gasteiger partial charge on any atom is 0.145 e. The van der Waals surface area contributed by atoms with Crippen LogP contribution in [0.25, 0.3) is 10.9 Å². The molecule has 0 bridgehead atoms. The van der Waals surface area contributed by atoms with E-state index in [0.717, 1.165) is 34.3 Å². The predicted molar refractivity (Wildman–Crippen MR) is 104 cm³/mol. The Labute approximate surface area is 153 Å². The van der Waals surface area contributed by atoms with Crippen LogP contribution in [-0.4, -0.2) is 15.1 Å². The fourth-order valence-corrected chi connectivity index (χ4v) is 3.44. The van der Waals surface area contributed by atoms with Gasteiger partial charge in [-0.05, 0) is 30.7 Å².